The van der Waals surface area contributed by atoms with Gasteiger partial charge in [-0.05, 0) is 49.2 Å². The molecule has 0 atom stereocenters. The van der Waals surface area contributed by atoms with Gasteiger partial charge in [0, 0.05) is 18.9 Å². The average Bonchev–Trinajstić information content (AvgIpc) is 2.42. The lowest BCUT2D eigenvalue weighted by Gasteiger charge is -2.01. The third-order valence-corrected chi connectivity index (χ3v) is 2.52. The minimum atomic E-state index is 0.282. The van der Waals surface area contributed by atoms with Crippen molar-refractivity contribution in [3.8, 4) is 16.9 Å². The fourth-order valence-electron chi connectivity index (χ4n) is 1.53. The Hall–Kier alpha value is -2.00. The Kier molecular flexibility index (Phi) is 6.47. The molecule has 0 aliphatic carbocycles. The zero-order valence-electron chi connectivity index (χ0n) is 11.5. The van der Waals surface area contributed by atoms with E-state index in [1.54, 1.807) is 12.1 Å². The molecule has 0 aliphatic heterocycles. The summed E-state index contributed by atoms with van der Waals surface area (Å²) < 4.78 is 4.83. The van der Waals surface area contributed by atoms with Crippen molar-refractivity contribution in [2.24, 2.45) is 0 Å². The van der Waals surface area contributed by atoms with Crippen LogP contribution in [-0.4, -0.2) is 18.3 Å². The standard InChI is InChI=1S/C12H11NO.C4H10O/c13-11-5-1-9(2-6-11)10-3-7-12(14)8-4-10;1-3-5-4-2/h1-8,14H,13H2;3-4H2,1-2H3. The molecule has 19 heavy (non-hydrogen) atoms. The lowest BCUT2D eigenvalue weighted by atomic mass is 10.1. The maximum absolute atomic E-state index is 9.13. The summed E-state index contributed by atoms with van der Waals surface area (Å²) in [6.07, 6.45) is 0. The summed E-state index contributed by atoms with van der Waals surface area (Å²) >= 11 is 0. The van der Waals surface area contributed by atoms with Gasteiger partial charge >= 0.3 is 0 Å². The quantitative estimate of drug-likeness (QED) is 0.827. The van der Waals surface area contributed by atoms with Crippen LogP contribution >= 0.6 is 0 Å². The van der Waals surface area contributed by atoms with Gasteiger partial charge in [0.25, 0.3) is 0 Å². The second-order valence-electron chi connectivity index (χ2n) is 3.95. The van der Waals surface area contributed by atoms with E-state index in [-0.39, 0.29) is 5.75 Å². The second kappa shape index (κ2) is 8.16. The highest BCUT2D eigenvalue weighted by Gasteiger charge is 1.96. The number of ether oxygens (including phenoxy) is 1. The van der Waals surface area contributed by atoms with Crippen molar-refractivity contribution >= 4 is 5.69 Å². The van der Waals surface area contributed by atoms with Crippen molar-refractivity contribution in [3.63, 3.8) is 0 Å². The van der Waals surface area contributed by atoms with Crippen LogP contribution < -0.4 is 5.73 Å². The number of phenols is 1. The van der Waals surface area contributed by atoms with Crippen LogP contribution in [-0.2, 0) is 4.74 Å². The van der Waals surface area contributed by atoms with Gasteiger partial charge in [0.2, 0.25) is 0 Å². The smallest absolute Gasteiger partial charge is 0.115 e. The Morgan fingerprint density at radius 2 is 1.26 bits per heavy atom. The van der Waals surface area contributed by atoms with Gasteiger partial charge < -0.3 is 15.6 Å². The summed E-state index contributed by atoms with van der Waals surface area (Å²) in [5.41, 5.74) is 8.51. The molecular formula is C16H21NO2. The molecular weight excluding hydrogens is 238 g/mol. The van der Waals surface area contributed by atoms with E-state index in [4.69, 9.17) is 15.6 Å². The van der Waals surface area contributed by atoms with Crippen LogP contribution in [0.1, 0.15) is 13.8 Å². The number of rotatable bonds is 3. The molecule has 0 fully saturated rings. The van der Waals surface area contributed by atoms with Crippen LogP contribution in [0.5, 0.6) is 5.75 Å². The van der Waals surface area contributed by atoms with E-state index >= 15 is 0 Å². The van der Waals surface area contributed by atoms with E-state index in [0.29, 0.717) is 0 Å². The molecule has 3 N–H and O–H groups in total. The maximum atomic E-state index is 9.13. The highest BCUT2D eigenvalue weighted by atomic mass is 16.5. The van der Waals surface area contributed by atoms with E-state index in [9.17, 15) is 0 Å². The SMILES string of the molecule is CCOCC.Nc1ccc(-c2ccc(O)cc2)cc1. The number of nitrogen functional groups attached to an aromatic ring is 1. The number of anilines is 1. The Balaban J connectivity index is 0.000000312. The van der Waals surface area contributed by atoms with Crippen molar-refractivity contribution < 1.29 is 9.84 Å². The van der Waals surface area contributed by atoms with Crippen LogP contribution in [0.2, 0.25) is 0 Å². The number of benzene rings is 2. The molecule has 0 aliphatic rings. The summed E-state index contributed by atoms with van der Waals surface area (Å²) in [6.45, 7) is 5.67. The zero-order chi connectivity index (χ0) is 14.1. The average molecular weight is 259 g/mol. The van der Waals surface area contributed by atoms with E-state index in [0.717, 1.165) is 30.0 Å². The molecule has 0 radical (unpaired) electrons. The van der Waals surface area contributed by atoms with Crippen LogP contribution in [0.3, 0.4) is 0 Å². The van der Waals surface area contributed by atoms with Crippen LogP contribution in [0.15, 0.2) is 48.5 Å². The molecule has 3 nitrogen and oxygen atoms in total. The highest BCUT2D eigenvalue weighted by molar-refractivity contribution is 5.65. The van der Waals surface area contributed by atoms with E-state index in [2.05, 4.69) is 0 Å². The fourth-order valence-corrected chi connectivity index (χ4v) is 1.53. The minimum absolute atomic E-state index is 0.282. The summed E-state index contributed by atoms with van der Waals surface area (Å²) in [5.74, 6) is 0.282. The van der Waals surface area contributed by atoms with E-state index < -0.39 is 0 Å². The maximum Gasteiger partial charge on any atom is 0.115 e. The zero-order valence-corrected chi connectivity index (χ0v) is 11.5. The Labute approximate surface area is 114 Å². The fraction of sp³-hybridized carbons (Fsp3) is 0.250. The first-order chi connectivity index (χ1) is 9.17. The summed E-state index contributed by atoms with van der Waals surface area (Å²) in [5, 5.41) is 9.13. The van der Waals surface area contributed by atoms with Gasteiger partial charge in [-0.15, -0.1) is 0 Å². The topological polar surface area (TPSA) is 55.5 Å². The predicted octanol–water partition coefficient (Wildman–Crippen LogP) is 3.68. The largest absolute Gasteiger partial charge is 0.508 e. The second-order valence-corrected chi connectivity index (χ2v) is 3.95. The van der Waals surface area contributed by atoms with Crippen molar-refractivity contribution in [1.29, 1.82) is 0 Å². The van der Waals surface area contributed by atoms with Crippen molar-refractivity contribution in [2.75, 3.05) is 18.9 Å². The van der Waals surface area contributed by atoms with Crippen molar-refractivity contribution in [3.05, 3.63) is 48.5 Å². The van der Waals surface area contributed by atoms with Crippen molar-refractivity contribution in [1.82, 2.24) is 0 Å². The monoisotopic (exact) mass is 259 g/mol. The molecule has 0 spiro atoms. The Bertz CT molecular complexity index is 418. The van der Waals surface area contributed by atoms with Gasteiger partial charge in [-0.3, -0.25) is 0 Å². The number of hydrogen-bond donors (Lipinski definition) is 2. The van der Waals surface area contributed by atoms with Gasteiger partial charge in [-0.1, -0.05) is 24.3 Å². The first-order valence-corrected chi connectivity index (χ1v) is 6.40. The molecule has 2 aromatic carbocycles. The predicted molar refractivity (Wildman–Crippen MR) is 80.1 cm³/mol. The van der Waals surface area contributed by atoms with E-state index in [1.165, 1.54) is 0 Å². The summed E-state index contributed by atoms with van der Waals surface area (Å²) in [4.78, 5) is 0. The third-order valence-electron chi connectivity index (χ3n) is 2.52. The van der Waals surface area contributed by atoms with Gasteiger partial charge in [-0.2, -0.15) is 0 Å². The Morgan fingerprint density at radius 3 is 1.63 bits per heavy atom. The molecule has 0 saturated carbocycles. The van der Waals surface area contributed by atoms with Crippen LogP contribution in [0, 0.1) is 0 Å². The molecule has 102 valence electrons. The number of hydrogen-bond acceptors (Lipinski definition) is 3. The van der Waals surface area contributed by atoms with Gasteiger partial charge in [0.15, 0.2) is 0 Å². The molecule has 2 rings (SSSR count). The number of aromatic hydroxyl groups is 1. The van der Waals surface area contributed by atoms with Gasteiger partial charge in [-0.25, -0.2) is 0 Å². The lowest BCUT2D eigenvalue weighted by molar-refractivity contribution is 0.162. The molecule has 0 bridgehead atoms. The molecule has 2 aromatic rings. The molecule has 0 heterocycles. The summed E-state index contributed by atoms with van der Waals surface area (Å²) in [7, 11) is 0. The van der Waals surface area contributed by atoms with Gasteiger partial charge in [0.1, 0.15) is 5.75 Å². The highest BCUT2D eigenvalue weighted by Crippen LogP contribution is 2.22. The van der Waals surface area contributed by atoms with E-state index in [1.807, 2.05) is 50.2 Å². The Morgan fingerprint density at radius 1 is 0.842 bits per heavy atom. The molecule has 0 amide bonds. The minimum Gasteiger partial charge on any atom is -0.508 e. The normalized spacial score (nSPS) is 9.58. The first-order valence-electron chi connectivity index (χ1n) is 6.40. The van der Waals surface area contributed by atoms with Crippen LogP contribution in [0.25, 0.3) is 11.1 Å². The molecule has 0 unspecified atom stereocenters. The van der Waals surface area contributed by atoms with Gasteiger partial charge in [0.05, 0.1) is 0 Å². The first kappa shape index (κ1) is 15.1. The molecule has 3 heteroatoms. The number of nitrogens with two attached hydrogens (primary N) is 1. The summed E-state index contributed by atoms with van der Waals surface area (Å²) in [6, 6.07) is 14.7. The molecule has 0 aromatic heterocycles. The third kappa shape index (κ3) is 5.44. The molecule has 0 saturated heterocycles. The number of phenolic OH excluding ortho intramolecular Hbond substituents is 1. The van der Waals surface area contributed by atoms with Crippen LogP contribution in [0.4, 0.5) is 5.69 Å². The van der Waals surface area contributed by atoms with Crippen molar-refractivity contribution in [2.45, 2.75) is 13.8 Å². The lowest BCUT2D eigenvalue weighted by Crippen LogP contribution is -1.84.